The highest BCUT2D eigenvalue weighted by atomic mass is 32.2. The fourth-order valence-corrected chi connectivity index (χ4v) is 3.37. The number of rotatable bonds is 9. The second-order valence-electron chi connectivity index (χ2n) is 5.12. The number of nitrogens with one attached hydrogen (secondary N) is 2. The lowest BCUT2D eigenvalue weighted by molar-refractivity contribution is 0.211. The van der Waals surface area contributed by atoms with E-state index in [1.165, 1.54) is 26.4 Å². The molecule has 0 amide bonds. The molecule has 2 aromatic rings. The summed E-state index contributed by atoms with van der Waals surface area (Å²) in [4.78, 5) is 0.0399. The Labute approximate surface area is 148 Å². The Bertz CT molecular complexity index is 791. The van der Waals surface area contributed by atoms with E-state index in [2.05, 4.69) is 10.0 Å². The van der Waals surface area contributed by atoms with Crippen LogP contribution in [-0.4, -0.2) is 42.9 Å². The summed E-state index contributed by atoms with van der Waals surface area (Å²) in [6, 6.07) is 11.5. The van der Waals surface area contributed by atoms with E-state index in [-0.39, 0.29) is 10.6 Å². The van der Waals surface area contributed by atoms with Crippen LogP contribution in [0.15, 0.2) is 47.4 Å². The van der Waals surface area contributed by atoms with Gasteiger partial charge >= 0.3 is 0 Å². The molecular weight excluding hydrogens is 344 g/mol. The lowest BCUT2D eigenvalue weighted by atomic mass is 10.3. The Kier molecular flexibility index (Phi) is 6.49. The van der Waals surface area contributed by atoms with Crippen molar-refractivity contribution in [1.29, 1.82) is 0 Å². The third kappa shape index (κ3) is 5.01. The first-order chi connectivity index (χ1) is 12.0. The predicted octanol–water partition coefficient (Wildman–Crippen LogP) is 2.56. The second-order valence-corrected chi connectivity index (χ2v) is 6.77. The van der Waals surface area contributed by atoms with E-state index in [0.717, 1.165) is 5.69 Å². The molecule has 0 unspecified atom stereocenters. The quantitative estimate of drug-likeness (QED) is 0.664. The van der Waals surface area contributed by atoms with Gasteiger partial charge in [-0.05, 0) is 36.4 Å². The molecule has 8 heteroatoms. The summed E-state index contributed by atoms with van der Waals surface area (Å²) < 4.78 is 43.0. The topological polar surface area (TPSA) is 85.9 Å². The van der Waals surface area contributed by atoms with Gasteiger partial charge in [-0.2, -0.15) is 0 Å². The largest absolute Gasteiger partial charge is 0.497 e. The van der Waals surface area contributed by atoms with Gasteiger partial charge in [-0.25, -0.2) is 8.42 Å². The molecule has 0 aliphatic rings. The van der Waals surface area contributed by atoms with Crippen molar-refractivity contribution in [2.75, 3.05) is 44.5 Å². The first kappa shape index (κ1) is 18.9. The molecular formula is C17H22N2O5S. The van der Waals surface area contributed by atoms with Crippen molar-refractivity contribution >= 4 is 21.4 Å². The molecule has 0 heterocycles. The molecule has 2 aromatic carbocycles. The molecule has 0 saturated carbocycles. The molecule has 0 fully saturated rings. The lowest BCUT2D eigenvalue weighted by Crippen LogP contribution is -2.14. The first-order valence-corrected chi connectivity index (χ1v) is 9.06. The van der Waals surface area contributed by atoms with Crippen molar-refractivity contribution < 1.29 is 22.6 Å². The predicted molar refractivity (Wildman–Crippen MR) is 97.2 cm³/mol. The normalized spacial score (nSPS) is 11.0. The van der Waals surface area contributed by atoms with Crippen LogP contribution in [0.4, 0.5) is 11.4 Å². The molecule has 136 valence electrons. The average molecular weight is 366 g/mol. The average Bonchev–Trinajstić information content (AvgIpc) is 2.62. The zero-order valence-electron chi connectivity index (χ0n) is 14.4. The van der Waals surface area contributed by atoms with Gasteiger partial charge in [0.15, 0.2) is 0 Å². The third-order valence-electron chi connectivity index (χ3n) is 3.43. The summed E-state index contributed by atoms with van der Waals surface area (Å²) in [6.45, 7) is 1.26. The van der Waals surface area contributed by atoms with Gasteiger partial charge < -0.3 is 19.5 Å². The highest BCUT2D eigenvalue weighted by molar-refractivity contribution is 7.92. The van der Waals surface area contributed by atoms with Gasteiger partial charge in [-0.3, -0.25) is 4.72 Å². The number of benzene rings is 2. The fraction of sp³-hybridized carbons (Fsp3) is 0.294. The van der Waals surface area contributed by atoms with E-state index in [0.29, 0.717) is 24.6 Å². The highest BCUT2D eigenvalue weighted by Crippen LogP contribution is 2.29. The first-order valence-electron chi connectivity index (χ1n) is 7.58. The van der Waals surface area contributed by atoms with Gasteiger partial charge in [0.05, 0.1) is 20.8 Å². The highest BCUT2D eigenvalue weighted by Gasteiger charge is 2.20. The summed E-state index contributed by atoms with van der Waals surface area (Å²) >= 11 is 0. The monoisotopic (exact) mass is 366 g/mol. The minimum Gasteiger partial charge on any atom is -0.497 e. The second kappa shape index (κ2) is 8.59. The molecule has 25 heavy (non-hydrogen) atoms. The maximum absolute atomic E-state index is 12.6. The Balaban J connectivity index is 2.16. The van der Waals surface area contributed by atoms with Gasteiger partial charge in [0.25, 0.3) is 10.0 Å². The van der Waals surface area contributed by atoms with Gasteiger partial charge in [-0.1, -0.05) is 0 Å². The standard InChI is InChI=1S/C17H22N2O5S/c1-22-11-10-18-13-4-6-14(7-5-13)19-25(20,21)17-9-8-15(23-2)12-16(17)24-3/h4-9,12,18-19H,10-11H2,1-3H3. The minimum absolute atomic E-state index is 0.0399. The Morgan fingerprint density at radius 1 is 0.920 bits per heavy atom. The van der Waals surface area contributed by atoms with Crippen LogP contribution < -0.4 is 19.5 Å². The van der Waals surface area contributed by atoms with Crippen molar-refractivity contribution in [3.63, 3.8) is 0 Å². The van der Waals surface area contributed by atoms with Crippen LogP contribution in [0.3, 0.4) is 0 Å². The van der Waals surface area contributed by atoms with Crippen LogP contribution in [0.5, 0.6) is 11.5 Å². The summed E-state index contributed by atoms with van der Waals surface area (Å²) in [5, 5.41) is 3.16. The van der Waals surface area contributed by atoms with Crippen molar-refractivity contribution in [3.8, 4) is 11.5 Å². The third-order valence-corrected chi connectivity index (χ3v) is 4.85. The van der Waals surface area contributed by atoms with Crippen molar-refractivity contribution in [2.24, 2.45) is 0 Å². The van der Waals surface area contributed by atoms with Gasteiger partial charge in [-0.15, -0.1) is 0 Å². The SMILES string of the molecule is COCCNc1ccc(NS(=O)(=O)c2ccc(OC)cc2OC)cc1. The van der Waals surface area contributed by atoms with Crippen molar-refractivity contribution in [2.45, 2.75) is 4.90 Å². The Morgan fingerprint density at radius 3 is 2.20 bits per heavy atom. The number of hydrogen-bond donors (Lipinski definition) is 2. The van der Waals surface area contributed by atoms with E-state index < -0.39 is 10.0 Å². The summed E-state index contributed by atoms with van der Waals surface area (Å²) in [5.74, 6) is 0.729. The lowest BCUT2D eigenvalue weighted by Gasteiger charge is -2.13. The van der Waals surface area contributed by atoms with E-state index in [1.54, 1.807) is 37.4 Å². The van der Waals surface area contributed by atoms with Gasteiger partial charge in [0, 0.05) is 31.1 Å². The maximum Gasteiger partial charge on any atom is 0.265 e. The molecule has 0 atom stereocenters. The maximum atomic E-state index is 12.6. The molecule has 0 saturated heterocycles. The number of methoxy groups -OCH3 is 3. The minimum atomic E-state index is -3.79. The summed E-state index contributed by atoms with van der Waals surface area (Å²) in [5.41, 5.74) is 1.33. The summed E-state index contributed by atoms with van der Waals surface area (Å²) in [6.07, 6.45) is 0. The number of anilines is 2. The van der Waals surface area contributed by atoms with Gasteiger partial charge in [0.2, 0.25) is 0 Å². The van der Waals surface area contributed by atoms with Crippen molar-refractivity contribution in [1.82, 2.24) is 0 Å². The molecule has 0 radical (unpaired) electrons. The van der Waals surface area contributed by atoms with Crippen LogP contribution >= 0.6 is 0 Å². The van der Waals surface area contributed by atoms with Crippen LogP contribution in [0.2, 0.25) is 0 Å². The van der Waals surface area contributed by atoms with Crippen LogP contribution in [0.25, 0.3) is 0 Å². The van der Waals surface area contributed by atoms with E-state index in [4.69, 9.17) is 14.2 Å². The van der Waals surface area contributed by atoms with E-state index >= 15 is 0 Å². The molecule has 2 rings (SSSR count). The molecule has 0 aliphatic carbocycles. The fourth-order valence-electron chi connectivity index (χ4n) is 2.16. The van der Waals surface area contributed by atoms with Crippen LogP contribution in [-0.2, 0) is 14.8 Å². The zero-order chi connectivity index (χ0) is 18.3. The molecule has 0 aromatic heterocycles. The number of hydrogen-bond acceptors (Lipinski definition) is 6. The summed E-state index contributed by atoms with van der Waals surface area (Å²) in [7, 11) is 0.761. The molecule has 7 nitrogen and oxygen atoms in total. The Hall–Kier alpha value is -2.45. The number of ether oxygens (including phenoxy) is 3. The molecule has 0 spiro atoms. The molecule has 0 bridgehead atoms. The van der Waals surface area contributed by atoms with E-state index in [1.807, 2.05) is 0 Å². The smallest absolute Gasteiger partial charge is 0.265 e. The van der Waals surface area contributed by atoms with Crippen LogP contribution in [0, 0.1) is 0 Å². The zero-order valence-corrected chi connectivity index (χ0v) is 15.2. The molecule has 2 N–H and O–H groups in total. The Morgan fingerprint density at radius 2 is 1.60 bits per heavy atom. The van der Waals surface area contributed by atoms with E-state index in [9.17, 15) is 8.42 Å². The van der Waals surface area contributed by atoms with Gasteiger partial charge in [0.1, 0.15) is 16.4 Å². The molecule has 0 aliphatic heterocycles. The van der Waals surface area contributed by atoms with Crippen molar-refractivity contribution in [3.05, 3.63) is 42.5 Å². The number of sulfonamides is 1. The van der Waals surface area contributed by atoms with Crippen LogP contribution in [0.1, 0.15) is 0 Å².